The minimum atomic E-state index is -4.68. The Hall–Kier alpha value is -3.85. The van der Waals surface area contributed by atoms with Gasteiger partial charge in [0.1, 0.15) is 11.5 Å². The number of carbonyl (C=O) groups is 2. The Morgan fingerprint density at radius 3 is 1.96 bits per heavy atom. The minimum Gasteiger partial charge on any atom is -0.494 e. The Bertz CT molecular complexity index is 1350. The van der Waals surface area contributed by atoms with Crippen molar-refractivity contribution < 1.29 is 42.1 Å². The Kier molecular flexibility index (Phi) is 15.1. The smallest absolute Gasteiger partial charge is 0.395 e. The molecule has 250 valence electrons. The van der Waals surface area contributed by atoms with Gasteiger partial charge in [-0.3, -0.25) is 0 Å². The number of benzene rings is 3. The van der Waals surface area contributed by atoms with Crippen LogP contribution < -0.4 is 9.47 Å². The van der Waals surface area contributed by atoms with Gasteiger partial charge in [0.25, 0.3) is 0 Å². The van der Waals surface area contributed by atoms with Crippen molar-refractivity contribution in [1.29, 1.82) is 0 Å². The Morgan fingerprint density at radius 2 is 1.33 bits per heavy atom. The molecule has 9 heteroatoms. The van der Waals surface area contributed by atoms with Gasteiger partial charge >= 0.3 is 18.1 Å². The SMILES string of the molecule is CCCCCCCCOc1ccc(-c2ccc(C(=O)Oc3ccc(C(=O)O)c(C(CCCCCOCC)C(F)(F)F)c3)cc2)cc1. The second-order valence-electron chi connectivity index (χ2n) is 11.3. The zero-order chi connectivity index (χ0) is 33.4. The van der Waals surface area contributed by atoms with Gasteiger partial charge in [-0.1, -0.05) is 76.1 Å². The second-order valence-corrected chi connectivity index (χ2v) is 11.3. The van der Waals surface area contributed by atoms with Crippen molar-refractivity contribution in [2.45, 2.75) is 90.1 Å². The third kappa shape index (κ3) is 11.8. The molecule has 0 saturated heterocycles. The molecule has 1 N–H and O–H groups in total. The summed E-state index contributed by atoms with van der Waals surface area (Å²) >= 11 is 0. The predicted octanol–water partition coefficient (Wildman–Crippen LogP) is 10.3. The van der Waals surface area contributed by atoms with Gasteiger partial charge in [-0.25, -0.2) is 9.59 Å². The summed E-state index contributed by atoms with van der Waals surface area (Å²) in [6.45, 7) is 5.71. The van der Waals surface area contributed by atoms with Crippen LogP contribution in [0.5, 0.6) is 11.5 Å². The minimum absolute atomic E-state index is 0.156. The lowest BCUT2D eigenvalue weighted by molar-refractivity contribution is -0.152. The Morgan fingerprint density at radius 1 is 0.739 bits per heavy atom. The van der Waals surface area contributed by atoms with E-state index >= 15 is 0 Å². The van der Waals surface area contributed by atoms with E-state index in [4.69, 9.17) is 14.2 Å². The summed E-state index contributed by atoms with van der Waals surface area (Å²) in [5.41, 5.74) is 1.09. The molecule has 6 nitrogen and oxygen atoms in total. The molecule has 46 heavy (non-hydrogen) atoms. The van der Waals surface area contributed by atoms with Crippen LogP contribution in [0.25, 0.3) is 11.1 Å². The maximum Gasteiger partial charge on any atom is 0.395 e. The van der Waals surface area contributed by atoms with Gasteiger partial charge in [0.2, 0.25) is 0 Å². The molecule has 0 fully saturated rings. The highest BCUT2D eigenvalue weighted by Gasteiger charge is 2.42. The van der Waals surface area contributed by atoms with E-state index in [1.165, 1.54) is 31.7 Å². The van der Waals surface area contributed by atoms with Gasteiger partial charge in [-0.05, 0) is 85.3 Å². The van der Waals surface area contributed by atoms with E-state index in [0.717, 1.165) is 41.9 Å². The van der Waals surface area contributed by atoms with E-state index in [0.29, 0.717) is 32.7 Å². The number of esters is 1. The fourth-order valence-corrected chi connectivity index (χ4v) is 5.24. The number of carboxylic acids is 1. The first-order valence-electron chi connectivity index (χ1n) is 16.2. The van der Waals surface area contributed by atoms with E-state index < -0.39 is 35.2 Å². The molecule has 3 rings (SSSR count). The molecule has 3 aromatic rings. The van der Waals surface area contributed by atoms with Gasteiger partial charge in [-0.15, -0.1) is 0 Å². The topological polar surface area (TPSA) is 82.1 Å². The van der Waals surface area contributed by atoms with Gasteiger partial charge in [0.05, 0.1) is 23.7 Å². The van der Waals surface area contributed by atoms with Crippen LogP contribution in [-0.2, 0) is 4.74 Å². The number of hydrogen-bond donors (Lipinski definition) is 1. The third-order valence-electron chi connectivity index (χ3n) is 7.79. The van der Waals surface area contributed by atoms with Crippen LogP contribution in [0.15, 0.2) is 66.7 Å². The molecule has 0 heterocycles. The first-order valence-corrected chi connectivity index (χ1v) is 16.2. The van der Waals surface area contributed by atoms with Gasteiger partial charge in [-0.2, -0.15) is 13.2 Å². The lowest BCUT2D eigenvalue weighted by Crippen LogP contribution is -2.23. The number of ether oxygens (including phenoxy) is 3. The average Bonchev–Trinajstić information content (AvgIpc) is 3.03. The number of unbranched alkanes of at least 4 members (excludes halogenated alkanes) is 7. The van der Waals surface area contributed by atoms with Crippen molar-refractivity contribution in [3.63, 3.8) is 0 Å². The second kappa shape index (κ2) is 19.0. The van der Waals surface area contributed by atoms with Crippen LogP contribution >= 0.6 is 0 Å². The first-order chi connectivity index (χ1) is 22.1. The first kappa shape index (κ1) is 36.6. The molecule has 1 atom stereocenters. The number of carbonyl (C=O) groups excluding carboxylic acids is 1. The highest BCUT2D eigenvalue weighted by atomic mass is 19.4. The van der Waals surface area contributed by atoms with Crippen molar-refractivity contribution in [1.82, 2.24) is 0 Å². The molecule has 0 aromatic heterocycles. The third-order valence-corrected chi connectivity index (χ3v) is 7.79. The summed E-state index contributed by atoms with van der Waals surface area (Å²) in [6.07, 6.45) is 3.56. The Labute approximate surface area is 269 Å². The highest BCUT2D eigenvalue weighted by molar-refractivity contribution is 5.92. The predicted molar refractivity (Wildman–Crippen MR) is 173 cm³/mol. The van der Waals surface area contributed by atoms with E-state index in [2.05, 4.69) is 6.92 Å². The van der Waals surface area contributed by atoms with Crippen molar-refractivity contribution in [2.75, 3.05) is 19.8 Å². The molecule has 0 aliphatic carbocycles. The number of alkyl halides is 3. The van der Waals surface area contributed by atoms with Gasteiger partial charge < -0.3 is 19.3 Å². The monoisotopic (exact) mass is 642 g/mol. The molecule has 0 bridgehead atoms. The molecule has 0 saturated carbocycles. The highest BCUT2D eigenvalue weighted by Crippen LogP contribution is 2.41. The molecule has 0 aliphatic heterocycles. The van der Waals surface area contributed by atoms with E-state index in [-0.39, 0.29) is 24.2 Å². The number of carboxylic acid groups (broad SMARTS) is 1. The van der Waals surface area contributed by atoms with Crippen molar-refractivity contribution in [3.05, 3.63) is 83.4 Å². The quantitative estimate of drug-likeness (QED) is 0.0750. The maximum absolute atomic E-state index is 14.1. The van der Waals surface area contributed by atoms with Crippen molar-refractivity contribution in [2.24, 2.45) is 0 Å². The number of hydrogen-bond acceptors (Lipinski definition) is 5. The zero-order valence-electron chi connectivity index (χ0n) is 26.7. The normalized spacial score (nSPS) is 12.1. The molecule has 0 aliphatic rings. The summed E-state index contributed by atoms with van der Waals surface area (Å²) in [4.78, 5) is 24.7. The van der Waals surface area contributed by atoms with Crippen LogP contribution in [0.3, 0.4) is 0 Å². The number of aromatic carboxylic acids is 1. The number of halogens is 3. The van der Waals surface area contributed by atoms with Gasteiger partial charge in [0.15, 0.2) is 0 Å². The van der Waals surface area contributed by atoms with E-state index in [1.807, 2.05) is 31.2 Å². The fourth-order valence-electron chi connectivity index (χ4n) is 5.24. The largest absolute Gasteiger partial charge is 0.494 e. The summed E-state index contributed by atoms with van der Waals surface area (Å²) < 4.78 is 58.9. The van der Waals surface area contributed by atoms with Crippen molar-refractivity contribution >= 4 is 11.9 Å². The van der Waals surface area contributed by atoms with Crippen LogP contribution in [0.1, 0.15) is 110 Å². The van der Waals surface area contributed by atoms with Crippen LogP contribution in [0.4, 0.5) is 13.2 Å². The maximum atomic E-state index is 14.1. The standard InChI is InChI=1S/C37H45F3O6/c1-3-5-6-7-8-12-25-45-30-20-18-28(19-21-30)27-14-16-29(17-15-27)36(43)46-31-22-23-32(35(41)42)33(26-31)34(37(38,39)40)13-10-9-11-24-44-4-2/h14-23,26,34H,3-13,24-25H2,1-2H3,(H,41,42). The van der Waals surface area contributed by atoms with Gasteiger partial charge in [0, 0.05) is 13.2 Å². The molecule has 0 radical (unpaired) electrons. The van der Waals surface area contributed by atoms with Crippen LogP contribution in [-0.4, -0.2) is 43.0 Å². The molecule has 0 amide bonds. The summed E-state index contributed by atoms with van der Waals surface area (Å²) in [5.74, 6) is -3.63. The molecule has 3 aromatic carbocycles. The summed E-state index contributed by atoms with van der Waals surface area (Å²) in [7, 11) is 0. The summed E-state index contributed by atoms with van der Waals surface area (Å²) in [5, 5.41) is 9.62. The average molecular weight is 643 g/mol. The molecule has 1 unspecified atom stereocenters. The molecular weight excluding hydrogens is 597 g/mol. The Balaban J connectivity index is 1.64. The molecular formula is C37H45F3O6. The summed E-state index contributed by atoms with van der Waals surface area (Å²) in [6, 6.07) is 17.6. The lowest BCUT2D eigenvalue weighted by Gasteiger charge is -2.23. The van der Waals surface area contributed by atoms with E-state index in [9.17, 15) is 27.9 Å². The zero-order valence-corrected chi connectivity index (χ0v) is 26.7. The fraction of sp³-hybridized carbons (Fsp3) is 0.459. The van der Waals surface area contributed by atoms with Crippen LogP contribution in [0.2, 0.25) is 0 Å². The number of rotatable bonds is 20. The van der Waals surface area contributed by atoms with Crippen molar-refractivity contribution in [3.8, 4) is 22.6 Å². The molecule has 0 spiro atoms. The van der Waals surface area contributed by atoms with Crippen LogP contribution in [0, 0.1) is 0 Å². The van der Waals surface area contributed by atoms with E-state index in [1.54, 1.807) is 24.3 Å². The lowest BCUT2D eigenvalue weighted by atomic mass is 9.88.